The van der Waals surface area contributed by atoms with Crippen LogP contribution >= 0.6 is 11.6 Å². The Morgan fingerprint density at radius 1 is 1.60 bits per heavy atom. The minimum absolute atomic E-state index is 0.0137. The van der Waals surface area contributed by atoms with Crippen LogP contribution in [0.5, 0.6) is 5.75 Å². The van der Waals surface area contributed by atoms with Gasteiger partial charge in [0.05, 0.1) is 5.02 Å². The highest BCUT2D eigenvalue weighted by atomic mass is 35.5. The average Bonchev–Trinajstić information content (AvgIpc) is 2.20. The van der Waals surface area contributed by atoms with Crippen molar-refractivity contribution in [1.82, 2.24) is 0 Å². The average molecular weight is 225 g/mol. The van der Waals surface area contributed by atoms with Crippen molar-refractivity contribution < 1.29 is 9.53 Å². The first-order valence-corrected chi connectivity index (χ1v) is 5.02. The predicted molar refractivity (Wildman–Crippen MR) is 61.7 cm³/mol. The lowest BCUT2D eigenvalue weighted by Crippen LogP contribution is -2.07. The topological polar surface area (TPSA) is 26.3 Å². The third-order valence-corrected chi connectivity index (χ3v) is 2.28. The zero-order valence-corrected chi connectivity index (χ0v) is 9.54. The molecule has 0 heterocycles. The number of hydrogen-bond acceptors (Lipinski definition) is 2. The molecule has 1 atom stereocenters. The molecule has 0 aliphatic rings. The molecule has 0 aliphatic heterocycles. The second kappa shape index (κ2) is 4.99. The van der Waals surface area contributed by atoms with Crippen molar-refractivity contribution in [3.05, 3.63) is 41.4 Å². The SMILES string of the molecule is C=CC(C)Oc1ccc(C(C)=O)cc1Cl. The summed E-state index contributed by atoms with van der Waals surface area (Å²) < 4.78 is 5.47. The van der Waals surface area contributed by atoms with Crippen LogP contribution in [0.3, 0.4) is 0 Å². The Labute approximate surface area is 94.5 Å². The van der Waals surface area contributed by atoms with Gasteiger partial charge in [-0.15, -0.1) is 0 Å². The van der Waals surface area contributed by atoms with Gasteiger partial charge in [0.2, 0.25) is 0 Å². The first kappa shape index (κ1) is 11.8. The van der Waals surface area contributed by atoms with Crippen molar-refractivity contribution in [2.75, 3.05) is 0 Å². The van der Waals surface area contributed by atoms with Crippen LogP contribution in [0, 0.1) is 0 Å². The Bertz CT molecular complexity index is 385. The second-order valence-corrected chi connectivity index (χ2v) is 3.67. The largest absolute Gasteiger partial charge is 0.485 e. The van der Waals surface area contributed by atoms with E-state index in [1.165, 1.54) is 6.92 Å². The quantitative estimate of drug-likeness (QED) is 0.578. The van der Waals surface area contributed by atoms with Gasteiger partial charge in [0, 0.05) is 5.56 Å². The Balaban J connectivity index is 2.93. The van der Waals surface area contributed by atoms with E-state index in [9.17, 15) is 4.79 Å². The Morgan fingerprint density at radius 3 is 2.73 bits per heavy atom. The third kappa shape index (κ3) is 3.10. The summed E-state index contributed by atoms with van der Waals surface area (Å²) in [5, 5.41) is 0.441. The molecular weight excluding hydrogens is 212 g/mol. The fourth-order valence-corrected chi connectivity index (χ4v) is 1.29. The maximum atomic E-state index is 11.1. The first-order chi connectivity index (χ1) is 7.04. The van der Waals surface area contributed by atoms with Gasteiger partial charge >= 0.3 is 0 Å². The number of rotatable bonds is 4. The lowest BCUT2D eigenvalue weighted by atomic mass is 10.1. The van der Waals surface area contributed by atoms with Gasteiger partial charge in [-0.3, -0.25) is 4.79 Å². The maximum absolute atomic E-state index is 11.1. The molecule has 1 aromatic carbocycles. The van der Waals surface area contributed by atoms with E-state index in [2.05, 4.69) is 6.58 Å². The minimum atomic E-state index is -0.106. The highest BCUT2D eigenvalue weighted by Crippen LogP contribution is 2.26. The van der Waals surface area contributed by atoms with E-state index in [1.54, 1.807) is 24.3 Å². The number of halogens is 1. The molecule has 1 rings (SSSR count). The van der Waals surface area contributed by atoms with Crippen molar-refractivity contribution in [1.29, 1.82) is 0 Å². The van der Waals surface area contributed by atoms with E-state index in [-0.39, 0.29) is 11.9 Å². The summed E-state index contributed by atoms with van der Waals surface area (Å²) >= 11 is 5.96. The van der Waals surface area contributed by atoms with Crippen LogP contribution in [0.4, 0.5) is 0 Å². The van der Waals surface area contributed by atoms with E-state index < -0.39 is 0 Å². The van der Waals surface area contributed by atoms with Crippen molar-refractivity contribution in [2.45, 2.75) is 20.0 Å². The molecule has 0 aromatic heterocycles. The van der Waals surface area contributed by atoms with Gasteiger partial charge in [-0.2, -0.15) is 0 Å². The monoisotopic (exact) mass is 224 g/mol. The standard InChI is InChI=1S/C12H13ClO2/c1-4-8(2)15-12-6-5-10(9(3)14)7-11(12)13/h4-8H,1H2,2-3H3. The maximum Gasteiger partial charge on any atom is 0.159 e. The summed E-state index contributed by atoms with van der Waals surface area (Å²) in [6.07, 6.45) is 1.57. The van der Waals surface area contributed by atoms with Gasteiger partial charge in [-0.25, -0.2) is 0 Å². The summed E-state index contributed by atoms with van der Waals surface area (Å²) in [6.45, 7) is 6.97. The molecular formula is C12H13ClO2. The molecule has 0 amide bonds. The molecule has 1 unspecified atom stereocenters. The molecule has 3 heteroatoms. The van der Waals surface area contributed by atoms with Crippen LogP contribution in [0.25, 0.3) is 0 Å². The fraction of sp³-hybridized carbons (Fsp3) is 0.250. The Morgan fingerprint density at radius 2 is 2.27 bits per heavy atom. The number of carbonyl (C=O) groups excluding carboxylic acids is 1. The fourth-order valence-electron chi connectivity index (χ4n) is 1.06. The van der Waals surface area contributed by atoms with Gasteiger partial charge in [-0.05, 0) is 32.0 Å². The zero-order chi connectivity index (χ0) is 11.4. The summed E-state index contributed by atoms with van der Waals surface area (Å²) in [6, 6.07) is 4.99. The summed E-state index contributed by atoms with van der Waals surface area (Å²) in [4.78, 5) is 11.1. The number of hydrogen-bond donors (Lipinski definition) is 0. The lowest BCUT2D eigenvalue weighted by molar-refractivity contribution is 0.101. The van der Waals surface area contributed by atoms with Crippen molar-refractivity contribution >= 4 is 17.4 Å². The highest BCUT2D eigenvalue weighted by Gasteiger charge is 2.07. The molecule has 0 aliphatic carbocycles. The zero-order valence-electron chi connectivity index (χ0n) is 8.79. The van der Waals surface area contributed by atoms with Gasteiger partial charge < -0.3 is 4.74 Å². The van der Waals surface area contributed by atoms with E-state index in [0.29, 0.717) is 16.3 Å². The minimum Gasteiger partial charge on any atom is -0.485 e. The predicted octanol–water partition coefficient (Wildman–Crippen LogP) is 3.50. The van der Waals surface area contributed by atoms with Crippen LogP contribution in [0.2, 0.25) is 5.02 Å². The van der Waals surface area contributed by atoms with Crippen molar-refractivity contribution in [3.8, 4) is 5.75 Å². The molecule has 1 aromatic rings. The molecule has 0 radical (unpaired) electrons. The van der Waals surface area contributed by atoms with Crippen molar-refractivity contribution in [2.24, 2.45) is 0 Å². The van der Waals surface area contributed by atoms with Gasteiger partial charge in [0.1, 0.15) is 11.9 Å². The second-order valence-electron chi connectivity index (χ2n) is 3.26. The van der Waals surface area contributed by atoms with E-state index in [1.807, 2.05) is 6.92 Å². The summed E-state index contributed by atoms with van der Waals surface area (Å²) in [7, 11) is 0. The summed E-state index contributed by atoms with van der Waals surface area (Å²) in [5.74, 6) is 0.550. The van der Waals surface area contributed by atoms with Gasteiger partial charge in [0.15, 0.2) is 5.78 Å². The Kier molecular flexibility index (Phi) is 3.92. The van der Waals surface area contributed by atoms with Gasteiger partial charge in [-0.1, -0.05) is 24.3 Å². The first-order valence-electron chi connectivity index (χ1n) is 4.64. The van der Waals surface area contributed by atoms with Gasteiger partial charge in [0.25, 0.3) is 0 Å². The molecule has 0 saturated heterocycles. The number of ketones is 1. The number of Topliss-reactive ketones (excluding diaryl/α,β-unsaturated/α-hetero) is 1. The molecule has 15 heavy (non-hydrogen) atoms. The summed E-state index contributed by atoms with van der Waals surface area (Å²) in [5.41, 5.74) is 0.582. The Hall–Kier alpha value is -1.28. The van der Waals surface area contributed by atoms with Crippen LogP contribution < -0.4 is 4.74 Å². The molecule has 0 N–H and O–H groups in total. The third-order valence-electron chi connectivity index (χ3n) is 1.98. The number of benzene rings is 1. The molecule has 80 valence electrons. The highest BCUT2D eigenvalue weighted by molar-refractivity contribution is 6.32. The van der Waals surface area contributed by atoms with Crippen LogP contribution in [0.15, 0.2) is 30.9 Å². The normalized spacial score (nSPS) is 11.9. The van der Waals surface area contributed by atoms with Crippen LogP contribution in [-0.2, 0) is 0 Å². The lowest BCUT2D eigenvalue weighted by Gasteiger charge is -2.12. The van der Waals surface area contributed by atoms with Crippen molar-refractivity contribution in [3.63, 3.8) is 0 Å². The molecule has 0 fully saturated rings. The molecule has 0 saturated carbocycles. The molecule has 0 bridgehead atoms. The van der Waals surface area contributed by atoms with E-state index in [4.69, 9.17) is 16.3 Å². The van der Waals surface area contributed by atoms with Crippen LogP contribution in [0.1, 0.15) is 24.2 Å². The molecule has 2 nitrogen and oxygen atoms in total. The van der Waals surface area contributed by atoms with Crippen LogP contribution in [-0.4, -0.2) is 11.9 Å². The number of ether oxygens (including phenoxy) is 1. The van der Waals surface area contributed by atoms with E-state index >= 15 is 0 Å². The smallest absolute Gasteiger partial charge is 0.159 e. The molecule has 0 spiro atoms. The number of carbonyl (C=O) groups is 1. The van der Waals surface area contributed by atoms with E-state index in [0.717, 1.165) is 0 Å².